The van der Waals surface area contributed by atoms with Gasteiger partial charge in [0.25, 0.3) is 0 Å². The molecule has 0 fully saturated rings. The van der Waals surface area contributed by atoms with Gasteiger partial charge in [-0.15, -0.1) is 0 Å². The molecular formula is C10H11FO3. The lowest BCUT2D eigenvalue weighted by Gasteiger charge is -2.10. The summed E-state index contributed by atoms with van der Waals surface area (Å²) in [7, 11) is 1.36. The maximum atomic E-state index is 13.1. The number of halogens is 1. The summed E-state index contributed by atoms with van der Waals surface area (Å²) >= 11 is 0. The first-order valence-electron chi connectivity index (χ1n) is 4.12. The molecule has 0 aliphatic heterocycles. The number of methoxy groups -OCH3 is 1. The van der Waals surface area contributed by atoms with E-state index >= 15 is 0 Å². The number of benzene rings is 1. The van der Waals surface area contributed by atoms with Crippen molar-refractivity contribution in [3.05, 3.63) is 29.3 Å². The highest BCUT2D eigenvalue weighted by Crippen LogP contribution is 2.28. The van der Waals surface area contributed by atoms with Gasteiger partial charge < -0.3 is 9.84 Å². The van der Waals surface area contributed by atoms with Gasteiger partial charge in [-0.25, -0.2) is 9.18 Å². The molecule has 0 amide bonds. The predicted octanol–water partition coefficient (Wildman–Crippen LogP) is 2.42. The van der Waals surface area contributed by atoms with E-state index in [4.69, 9.17) is 9.84 Å². The zero-order valence-corrected chi connectivity index (χ0v) is 7.95. The topological polar surface area (TPSA) is 46.5 Å². The number of carboxylic acids is 1. The Hall–Kier alpha value is -1.58. The van der Waals surface area contributed by atoms with Crippen LogP contribution in [0.15, 0.2) is 18.2 Å². The number of aromatic carboxylic acids is 1. The van der Waals surface area contributed by atoms with Crippen LogP contribution in [0.5, 0.6) is 5.75 Å². The Morgan fingerprint density at radius 3 is 2.64 bits per heavy atom. The number of alkyl halides is 1. The summed E-state index contributed by atoms with van der Waals surface area (Å²) in [6, 6.07) is 4.50. The van der Waals surface area contributed by atoms with E-state index in [1.165, 1.54) is 26.2 Å². The number of carbonyl (C=O) groups is 1. The van der Waals surface area contributed by atoms with Crippen LogP contribution < -0.4 is 4.74 Å². The fourth-order valence-electron chi connectivity index (χ4n) is 1.28. The van der Waals surface area contributed by atoms with Crippen LogP contribution in [-0.4, -0.2) is 18.2 Å². The Balaban J connectivity index is 3.35. The average Bonchev–Trinajstić information content (AvgIpc) is 2.16. The van der Waals surface area contributed by atoms with E-state index in [2.05, 4.69) is 0 Å². The molecule has 0 radical (unpaired) electrons. The molecule has 1 rings (SSSR count). The van der Waals surface area contributed by atoms with Gasteiger partial charge in [0.05, 0.1) is 7.11 Å². The molecule has 0 saturated carbocycles. The molecule has 3 nitrogen and oxygen atoms in total. The molecule has 1 aromatic carbocycles. The Morgan fingerprint density at radius 2 is 2.21 bits per heavy atom. The SMILES string of the molecule is COc1cccc(C(C)F)c1C(=O)O. The molecule has 0 spiro atoms. The summed E-state index contributed by atoms with van der Waals surface area (Å²) in [5.41, 5.74) is 0.0295. The van der Waals surface area contributed by atoms with E-state index in [-0.39, 0.29) is 16.9 Å². The quantitative estimate of drug-likeness (QED) is 0.811. The number of hydrogen-bond acceptors (Lipinski definition) is 2. The van der Waals surface area contributed by atoms with Gasteiger partial charge in [0.1, 0.15) is 17.5 Å². The average molecular weight is 198 g/mol. The number of rotatable bonds is 3. The second kappa shape index (κ2) is 4.09. The summed E-state index contributed by atoms with van der Waals surface area (Å²) in [6.45, 7) is 1.29. The highest BCUT2D eigenvalue weighted by atomic mass is 19.1. The fourth-order valence-corrected chi connectivity index (χ4v) is 1.28. The van der Waals surface area contributed by atoms with Crippen LogP contribution in [-0.2, 0) is 0 Å². The molecule has 0 saturated heterocycles. The Kier molecular flexibility index (Phi) is 3.06. The van der Waals surface area contributed by atoms with Crippen molar-refractivity contribution < 1.29 is 19.0 Å². The van der Waals surface area contributed by atoms with Gasteiger partial charge >= 0.3 is 5.97 Å². The summed E-state index contributed by atoms with van der Waals surface area (Å²) in [5, 5.41) is 8.88. The van der Waals surface area contributed by atoms with Gasteiger partial charge in [-0.3, -0.25) is 0 Å². The summed E-state index contributed by atoms with van der Waals surface area (Å²) in [5.74, 6) is -0.999. The predicted molar refractivity (Wildman–Crippen MR) is 49.5 cm³/mol. The van der Waals surface area contributed by atoms with E-state index in [0.29, 0.717) is 0 Å². The van der Waals surface area contributed by atoms with Crippen molar-refractivity contribution in [3.8, 4) is 5.75 Å². The monoisotopic (exact) mass is 198 g/mol. The van der Waals surface area contributed by atoms with Crippen molar-refractivity contribution in [1.82, 2.24) is 0 Å². The summed E-state index contributed by atoms with van der Waals surface area (Å²) in [6.07, 6.45) is -1.32. The fraction of sp³-hybridized carbons (Fsp3) is 0.300. The van der Waals surface area contributed by atoms with Crippen LogP contribution in [0, 0.1) is 0 Å². The van der Waals surface area contributed by atoms with Gasteiger partial charge in [-0.05, 0) is 13.0 Å². The molecule has 0 aromatic heterocycles. The van der Waals surface area contributed by atoms with E-state index in [9.17, 15) is 9.18 Å². The van der Waals surface area contributed by atoms with Crippen LogP contribution in [0.2, 0.25) is 0 Å². The largest absolute Gasteiger partial charge is 0.496 e. The lowest BCUT2D eigenvalue weighted by atomic mass is 10.0. The third kappa shape index (κ3) is 1.84. The van der Waals surface area contributed by atoms with E-state index in [1.807, 2.05) is 0 Å². The molecule has 0 aliphatic carbocycles. The van der Waals surface area contributed by atoms with Crippen LogP contribution in [0.25, 0.3) is 0 Å². The smallest absolute Gasteiger partial charge is 0.339 e. The van der Waals surface area contributed by atoms with Gasteiger partial charge in [0.15, 0.2) is 0 Å². The third-order valence-corrected chi connectivity index (χ3v) is 1.92. The van der Waals surface area contributed by atoms with Gasteiger partial charge in [0.2, 0.25) is 0 Å². The molecule has 1 atom stereocenters. The van der Waals surface area contributed by atoms with Crippen LogP contribution in [0.4, 0.5) is 4.39 Å². The summed E-state index contributed by atoms with van der Waals surface area (Å²) in [4.78, 5) is 10.9. The van der Waals surface area contributed by atoms with Gasteiger partial charge in [-0.1, -0.05) is 12.1 Å². The minimum Gasteiger partial charge on any atom is -0.496 e. The van der Waals surface area contributed by atoms with E-state index < -0.39 is 12.1 Å². The molecule has 1 aromatic rings. The Bertz CT molecular complexity index is 347. The normalized spacial score (nSPS) is 12.2. The first kappa shape index (κ1) is 10.5. The molecular weight excluding hydrogens is 187 g/mol. The summed E-state index contributed by atoms with van der Waals surface area (Å²) < 4.78 is 17.9. The van der Waals surface area contributed by atoms with Gasteiger partial charge in [0, 0.05) is 5.56 Å². The van der Waals surface area contributed by atoms with E-state index in [0.717, 1.165) is 0 Å². The highest BCUT2D eigenvalue weighted by molar-refractivity contribution is 5.92. The van der Waals surface area contributed by atoms with Crippen LogP contribution in [0.1, 0.15) is 29.0 Å². The molecule has 0 aliphatic rings. The van der Waals surface area contributed by atoms with Crippen LogP contribution >= 0.6 is 0 Å². The number of ether oxygens (including phenoxy) is 1. The van der Waals surface area contributed by atoms with Crippen molar-refractivity contribution >= 4 is 5.97 Å². The minimum absolute atomic E-state index is 0.106. The van der Waals surface area contributed by atoms with E-state index in [1.54, 1.807) is 6.07 Å². The lowest BCUT2D eigenvalue weighted by Crippen LogP contribution is -2.06. The maximum Gasteiger partial charge on any atom is 0.339 e. The van der Waals surface area contributed by atoms with Crippen molar-refractivity contribution in [2.45, 2.75) is 13.1 Å². The number of hydrogen-bond donors (Lipinski definition) is 1. The molecule has 76 valence electrons. The molecule has 1 unspecified atom stereocenters. The van der Waals surface area contributed by atoms with Crippen molar-refractivity contribution in [3.63, 3.8) is 0 Å². The second-order valence-corrected chi connectivity index (χ2v) is 2.85. The van der Waals surface area contributed by atoms with Crippen molar-refractivity contribution in [2.24, 2.45) is 0 Å². The second-order valence-electron chi connectivity index (χ2n) is 2.85. The Labute approximate surface area is 81.1 Å². The van der Waals surface area contributed by atoms with Gasteiger partial charge in [-0.2, -0.15) is 0 Å². The molecule has 0 heterocycles. The van der Waals surface area contributed by atoms with Crippen molar-refractivity contribution in [2.75, 3.05) is 7.11 Å². The molecule has 0 bridgehead atoms. The molecule has 1 N–H and O–H groups in total. The molecule has 14 heavy (non-hydrogen) atoms. The zero-order chi connectivity index (χ0) is 10.7. The highest BCUT2D eigenvalue weighted by Gasteiger charge is 2.19. The zero-order valence-electron chi connectivity index (χ0n) is 7.95. The minimum atomic E-state index is -1.32. The lowest BCUT2D eigenvalue weighted by molar-refractivity contribution is 0.0690. The number of carboxylic acid groups (broad SMARTS) is 1. The molecule has 4 heteroatoms. The van der Waals surface area contributed by atoms with Crippen LogP contribution in [0.3, 0.4) is 0 Å². The first-order chi connectivity index (χ1) is 6.57. The maximum absolute atomic E-state index is 13.1. The first-order valence-corrected chi connectivity index (χ1v) is 4.12. The Morgan fingerprint density at radius 1 is 1.57 bits per heavy atom. The van der Waals surface area contributed by atoms with Crippen molar-refractivity contribution in [1.29, 1.82) is 0 Å². The standard InChI is InChI=1S/C10H11FO3/c1-6(11)7-4-3-5-8(14-2)9(7)10(12)13/h3-6H,1-2H3,(H,12,13). The third-order valence-electron chi connectivity index (χ3n) is 1.92.